The van der Waals surface area contributed by atoms with Crippen molar-refractivity contribution in [3.05, 3.63) is 24.0 Å². The lowest BCUT2D eigenvalue weighted by atomic mass is 10.2. The fourth-order valence-corrected chi connectivity index (χ4v) is 1.30. The summed E-state index contributed by atoms with van der Waals surface area (Å²) in [4.78, 5) is 11.7. The molecular weight excluding hydrogens is 235 g/mol. The van der Waals surface area contributed by atoms with Crippen LogP contribution >= 0.6 is 0 Å². The van der Waals surface area contributed by atoms with Crippen LogP contribution in [-0.2, 0) is 4.79 Å². The van der Waals surface area contributed by atoms with Crippen molar-refractivity contribution in [2.24, 2.45) is 5.92 Å². The molecule has 0 saturated carbocycles. The van der Waals surface area contributed by atoms with Gasteiger partial charge in [-0.3, -0.25) is 4.79 Å². The molecule has 1 unspecified atom stereocenters. The first-order valence-corrected chi connectivity index (χ1v) is 5.89. The van der Waals surface area contributed by atoms with E-state index in [4.69, 9.17) is 10.5 Å². The molecular formula is C13H19FN2O2. The third-order valence-corrected chi connectivity index (χ3v) is 2.33. The lowest BCUT2D eigenvalue weighted by Crippen LogP contribution is -2.38. The minimum absolute atomic E-state index is 0.183. The minimum Gasteiger partial charge on any atom is -0.479 e. The molecule has 4 nitrogen and oxygen atoms in total. The Hall–Kier alpha value is -1.78. The number of anilines is 1. The largest absolute Gasteiger partial charge is 0.479 e. The second kappa shape index (κ2) is 6.23. The smallest absolute Gasteiger partial charge is 0.260 e. The molecule has 3 N–H and O–H groups in total. The molecule has 1 amide bonds. The van der Waals surface area contributed by atoms with Gasteiger partial charge in [0.05, 0.1) is 5.69 Å². The molecule has 0 bridgehead atoms. The van der Waals surface area contributed by atoms with Crippen molar-refractivity contribution in [1.82, 2.24) is 5.32 Å². The van der Waals surface area contributed by atoms with Crippen LogP contribution in [-0.4, -0.2) is 18.6 Å². The first-order valence-electron chi connectivity index (χ1n) is 5.89. The van der Waals surface area contributed by atoms with E-state index >= 15 is 0 Å². The van der Waals surface area contributed by atoms with Crippen LogP contribution in [0.4, 0.5) is 10.1 Å². The zero-order valence-electron chi connectivity index (χ0n) is 10.9. The zero-order valence-corrected chi connectivity index (χ0v) is 10.9. The van der Waals surface area contributed by atoms with Gasteiger partial charge >= 0.3 is 0 Å². The molecule has 0 spiro atoms. The molecule has 5 heteroatoms. The summed E-state index contributed by atoms with van der Waals surface area (Å²) in [6.07, 6.45) is -0.715. The highest BCUT2D eigenvalue weighted by Gasteiger charge is 2.16. The molecule has 18 heavy (non-hydrogen) atoms. The van der Waals surface area contributed by atoms with E-state index in [0.717, 1.165) is 0 Å². The molecule has 0 radical (unpaired) electrons. The van der Waals surface area contributed by atoms with E-state index in [0.29, 0.717) is 18.2 Å². The van der Waals surface area contributed by atoms with Crippen molar-refractivity contribution < 1.29 is 13.9 Å². The summed E-state index contributed by atoms with van der Waals surface area (Å²) in [5.74, 6) is -0.149. The maximum Gasteiger partial charge on any atom is 0.260 e. The molecule has 0 aliphatic carbocycles. The lowest BCUT2D eigenvalue weighted by Gasteiger charge is -2.16. The van der Waals surface area contributed by atoms with Gasteiger partial charge in [0.25, 0.3) is 5.91 Å². The van der Waals surface area contributed by atoms with E-state index in [2.05, 4.69) is 5.32 Å². The van der Waals surface area contributed by atoms with Gasteiger partial charge in [-0.2, -0.15) is 0 Å². The number of hydrogen-bond donors (Lipinski definition) is 2. The normalized spacial score (nSPS) is 12.3. The van der Waals surface area contributed by atoms with Gasteiger partial charge in [0.15, 0.2) is 6.10 Å². The van der Waals surface area contributed by atoms with Gasteiger partial charge in [-0.25, -0.2) is 4.39 Å². The summed E-state index contributed by atoms with van der Waals surface area (Å²) in [6, 6.07) is 3.82. The first-order chi connectivity index (χ1) is 8.40. The van der Waals surface area contributed by atoms with Crippen LogP contribution in [0.15, 0.2) is 18.2 Å². The average Bonchev–Trinajstić information content (AvgIpc) is 2.30. The highest BCUT2D eigenvalue weighted by atomic mass is 19.1. The van der Waals surface area contributed by atoms with Crippen molar-refractivity contribution in [3.8, 4) is 5.75 Å². The average molecular weight is 254 g/mol. The van der Waals surface area contributed by atoms with Crippen molar-refractivity contribution in [1.29, 1.82) is 0 Å². The lowest BCUT2D eigenvalue weighted by molar-refractivity contribution is -0.127. The van der Waals surface area contributed by atoms with Crippen molar-refractivity contribution in [2.45, 2.75) is 26.9 Å². The summed E-state index contributed by atoms with van der Waals surface area (Å²) in [5, 5.41) is 2.74. The molecule has 0 saturated heterocycles. The van der Waals surface area contributed by atoms with Crippen LogP contribution in [0, 0.1) is 11.7 Å². The maximum absolute atomic E-state index is 13.0. The van der Waals surface area contributed by atoms with Crippen molar-refractivity contribution in [3.63, 3.8) is 0 Å². The minimum atomic E-state index is -0.715. The van der Waals surface area contributed by atoms with E-state index in [1.165, 1.54) is 18.2 Å². The van der Waals surface area contributed by atoms with Gasteiger partial charge in [-0.05, 0) is 25.0 Å². The van der Waals surface area contributed by atoms with Crippen LogP contribution in [0.1, 0.15) is 20.8 Å². The Labute approximate surface area is 106 Å². The van der Waals surface area contributed by atoms with E-state index in [-0.39, 0.29) is 11.7 Å². The molecule has 0 heterocycles. The molecule has 0 aromatic heterocycles. The number of halogens is 1. The van der Waals surface area contributed by atoms with E-state index in [1.807, 2.05) is 13.8 Å². The Balaban J connectivity index is 2.60. The Morgan fingerprint density at radius 3 is 2.72 bits per heavy atom. The zero-order chi connectivity index (χ0) is 13.7. The highest BCUT2D eigenvalue weighted by molar-refractivity contribution is 5.80. The number of nitrogens with two attached hydrogens (primary N) is 1. The van der Waals surface area contributed by atoms with Gasteiger partial charge in [0.2, 0.25) is 0 Å². The standard InChI is InChI=1S/C13H19FN2O2/c1-8(2)7-16-13(17)9(3)18-12-6-10(14)4-5-11(12)15/h4-6,8-9H,7,15H2,1-3H3,(H,16,17). The van der Waals surface area contributed by atoms with Crippen LogP contribution in [0.2, 0.25) is 0 Å². The Bertz CT molecular complexity index is 421. The summed E-state index contributed by atoms with van der Waals surface area (Å²) in [5.41, 5.74) is 5.94. The van der Waals surface area contributed by atoms with Crippen LogP contribution in [0.25, 0.3) is 0 Å². The molecule has 0 fully saturated rings. The van der Waals surface area contributed by atoms with Gasteiger partial charge in [0.1, 0.15) is 11.6 Å². The third-order valence-electron chi connectivity index (χ3n) is 2.33. The summed E-state index contributed by atoms with van der Waals surface area (Å²) >= 11 is 0. The number of hydrogen-bond acceptors (Lipinski definition) is 3. The quantitative estimate of drug-likeness (QED) is 0.789. The van der Waals surface area contributed by atoms with E-state index < -0.39 is 11.9 Å². The van der Waals surface area contributed by atoms with Crippen molar-refractivity contribution in [2.75, 3.05) is 12.3 Å². The second-order valence-electron chi connectivity index (χ2n) is 4.58. The maximum atomic E-state index is 13.0. The molecule has 1 atom stereocenters. The predicted molar refractivity (Wildman–Crippen MR) is 68.8 cm³/mol. The number of benzene rings is 1. The van der Waals surface area contributed by atoms with Crippen LogP contribution in [0.3, 0.4) is 0 Å². The monoisotopic (exact) mass is 254 g/mol. The predicted octanol–water partition coefficient (Wildman–Crippen LogP) is 1.95. The molecule has 1 aromatic rings. The number of ether oxygens (including phenoxy) is 1. The first kappa shape index (κ1) is 14.3. The fraction of sp³-hybridized carbons (Fsp3) is 0.462. The van der Waals surface area contributed by atoms with Gasteiger partial charge in [-0.1, -0.05) is 13.8 Å². The van der Waals surface area contributed by atoms with E-state index in [1.54, 1.807) is 6.92 Å². The second-order valence-corrected chi connectivity index (χ2v) is 4.58. The third kappa shape index (κ3) is 4.24. The Morgan fingerprint density at radius 2 is 2.11 bits per heavy atom. The Morgan fingerprint density at radius 1 is 1.44 bits per heavy atom. The number of carbonyl (C=O) groups excluding carboxylic acids is 1. The summed E-state index contributed by atoms with van der Waals surface area (Å²) in [7, 11) is 0. The molecule has 1 rings (SSSR count). The SMILES string of the molecule is CC(C)CNC(=O)C(C)Oc1cc(F)ccc1N. The molecule has 1 aromatic carbocycles. The molecule has 0 aliphatic rings. The van der Waals surface area contributed by atoms with Gasteiger partial charge < -0.3 is 15.8 Å². The highest BCUT2D eigenvalue weighted by Crippen LogP contribution is 2.23. The molecule has 0 aliphatic heterocycles. The van der Waals surface area contributed by atoms with Crippen LogP contribution < -0.4 is 15.8 Å². The number of amides is 1. The van der Waals surface area contributed by atoms with Crippen molar-refractivity contribution >= 4 is 11.6 Å². The van der Waals surface area contributed by atoms with E-state index in [9.17, 15) is 9.18 Å². The fourth-order valence-electron chi connectivity index (χ4n) is 1.30. The number of rotatable bonds is 5. The number of nitrogens with one attached hydrogen (secondary N) is 1. The summed E-state index contributed by atoms with van der Waals surface area (Å²) in [6.45, 7) is 6.16. The van der Waals surface area contributed by atoms with Gasteiger partial charge in [-0.15, -0.1) is 0 Å². The molecule has 100 valence electrons. The van der Waals surface area contributed by atoms with Gasteiger partial charge in [0, 0.05) is 12.6 Å². The number of carbonyl (C=O) groups is 1. The topological polar surface area (TPSA) is 64.3 Å². The van der Waals surface area contributed by atoms with Crippen LogP contribution in [0.5, 0.6) is 5.75 Å². The summed E-state index contributed by atoms with van der Waals surface area (Å²) < 4.78 is 18.4. The number of nitrogen functional groups attached to an aromatic ring is 1. The Kier molecular flexibility index (Phi) is 4.95.